The lowest BCUT2D eigenvalue weighted by molar-refractivity contribution is 0.400. The van der Waals surface area contributed by atoms with Gasteiger partial charge in [-0.3, -0.25) is 0 Å². The Morgan fingerprint density at radius 2 is 1.67 bits per heavy atom. The van der Waals surface area contributed by atoms with Crippen LogP contribution < -0.4 is 4.74 Å². The van der Waals surface area contributed by atoms with Gasteiger partial charge in [-0.25, -0.2) is 4.98 Å². The Kier molecular flexibility index (Phi) is 3.68. The normalized spacial score (nSPS) is 10.9. The number of ether oxygens (including phenoxy) is 1. The maximum Gasteiger partial charge on any atom is 0.214 e. The molecule has 2 aromatic carbocycles. The zero-order valence-electron chi connectivity index (χ0n) is 12.3. The zero-order valence-corrected chi connectivity index (χ0v) is 13.9. The van der Waals surface area contributed by atoms with Crippen LogP contribution in [-0.4, -0.2) is 12.1 Å². The van der Waals surface area contributed by atoms with Crippen molar-refractivity contribution in [2.24, 2.45) is 0 Å². The van der Waals surface area contributed by atoms with Crippen LogP contribution in [0, 0.1) is 13.8 Å². The highest BCUT2D eigenvalue weighted by molar-refractivity contribution is 9.10. The van der Waals surface area contributed by atoms with Crippen LogP contribution in [0.25, 0.3) is 22.0 Å². The van der Waals surface area contributed by atoms with Gasteiger partial charge in [0.2, 0.25) is 5.88 Å². The predicted molar refractivity (Wildman–Crippen MR) is 90.9 cm³/mol. The van der Waals surface area contributed by atoms with Gasteiger partial charge in [-0.2, -0.15) is 0 Å². The van der Waals surface area contributed by atoms with Crippen molar-refractivity contribution in [2.75, 3.05) is 7.11 Å². The number of benzene rings is 2. The van der Waals surface area contributed by atoms with Crippen molar-refractivity contribution < 1.29 is 4.74 Å². The second-order valence-corrected chi connectivity index (χ2v) is 6.17. The van der Waals surface area contributed by atoms with Crippen LogP contribution >= 0.6 is 15.9 Å². The molecule has 0 saturated carbocycles. The lowest BCUT2D eigenvalue weighted by Gasteiger charge is -2.11. The first-order chi connectivity index (χ1) is 10.1. The monoisotopic (exact) mass is 341 g/mol. The molecule has 0 radical (unpaired) electrons. The minimum Gasteiger partial charge on any atom is -0.481 e. The number of pyridine rings is 1. The van der Waals surface area contributed by atoms with E-state index in [0.29, 0.717) is 5.88 Å². The third-order valence-electron chi connectivity index (χ3n) is 3.49. The van der Waals surface area contributed by atoms with Crippen molar-refractivity contribution in [3.8, 4) is 17.0 Å². The Labute approximate surface area is 132 Å². The molecular weight excluding hydrogens is 326 g/mol. The van der Waals surface area contributed by atoms with E-state index in [2.05, 4.69) is 59.0 Å². The van der Waals surface area contributed by atoms with Crippen LogP contribution in [-0.2, 0) is 0 Å². The molecule has 0 aliphatic rings. The number of nitrogens with zero attached hydrogens (tertiary/aromatic N) is 1. The average molecular weight is 342 g/mol. The van der Waals surface area contributed by atoms with E-state index in [1.807, 2.05) is 18.2 Å². The van der Waals surface area contributed by atoms with Gasteiger partial charge in [-0.15, -0.1) is 0 Å². The van der Waals surface area contributed by atoms with Crippen molar-refractivity contribution in [3.63, 3.8) is 0 Å². The molecule has 0 saturated heterocycles. The Bertz CT molecular complexity index is 807. The number of halogens is 1. The first-order valence-corrected chi connectivity index (χ1v) is 7.59. The standard InChI is InChI=1S/C18H16BrNO/c1-11-6-12(2)8-13(7-11)15-10-18(21-3)20-17-5-4-14(19)9-16(15)17/h4-10H,1-3H3. The van der Waals surface area contributed by atoms with Crippen LogP contribution in [0.15, 0.2) is 46.9 Å². The molecule has 3 heteroatoms. The molecule has 1 aromatic heterocycles. The molecule has 0 bridgehead atoms. The Morgan fingerprint density at radius 1 is 0.952 bits per heavy atom. The molecule has 0 N–H and O–H groups in total. The number of methoxy groups -OCH3 is 1. The molecular formula is C18H16BrNO. The van der Waals surface area contributed by atoms with E-state index < -0.39 is 0 Å². The maximum atomic E-state index is 5.35. The van der Waals surface area contributed by atoms with Crippen LogP contribution in [0.2, 0.25) is 0 Å². The summed E-state index contributed by atoms with van der Waals surface area (Å²) in [5.74, 6) is 0.638. The quantitative estimate of drug-likeness (QED) is 0.631. The number of hydrogen-bond acceptors (Lipinski definition) is 2. The Balaban J connectivity index is 2.36. The lowest BCUT2D eigenvalue weighted by Crippen LogP contribution is -1.92. The van der Waals surface area contributed by atoms with Crippen molar-refractivity contribution in [2.45, 2.75) is 13.8 Å². The molecule has 0 unspecified atom stereocenters. The van der Waals surface area contributed by atoms with E-state index in [4.69, 9.17) is 4.74 Å². The van der Waals surface area contributed by atoms with Gasteiger partial charge in [0, 0.05) is 15.9 Å². The summed E-state index contributed by atoms with van der Waals surface area (Å²) in [4.78, 5) is 4.52. The van der Waals surface area contributed by atoms with Gasteiger partial charge >= 0.3 is 0 Å². The predicted octanol–water partition coefficient (Wildman–Crippen LogP) is 5.29. The molecule has 1 heterocycles. The van der Waals surface area contributed by atoms with Crippen molar-refractivity contribution in [3.05, 3.63) is 58.1 Å². The van der Waals surface area contributed by atoms with E-state index in [0.717, 1.165) is 20.9 Å². The van der Waals surface area contributed by atoms with Gasteiger partial charge in [0.25, 0.3) is 0 Å². The molecule has 3 rings (SSSR count). The SMILES string of the molecule is COc1cc(-c2cc(C)cc(C)c2)c2cc(Br)ccc2n1. The zero-order chi connectivity index (χ0) is 15.0. The Hall–Kier alpha value is -1.87. The second kappa shape index (κ2) is 5.49. The summed E-state index contributed by atoms with van der Waals surface area (Å²) in [6, 6.07) is 14.7. The summed E-state index contributed by atoms with van der Waals surface area (Å²) in [5, 5.41) is 1.12. The van der Waals surface area contributed by atoms with Gasteiger partial charge < -0.3 is 4.74 Å². The number of rotatable bonds is 2. The van der Waals surface area contributed by atoms with Crippen LogP contribution in [0.5, 0.6) is 5.88 Å². The van der Waals surface area contributed by atoms with E-state index in [9.17, 15) is 0 Å². The molecule has 2 nitrogen and oxygen atoms in total. The first kappa shape index (κ1) is 14.1. The molecule has 0 amide bonds. The van der Waals surface area contributed by atoms with Gasteiger partial charge in [-0.1, -0.05) is 45.3 Å². The molecule has 0 spiro atoms. The summed E-state index contributed by atoms with van der Waals surface area (Å²) >= 11 is 3.54. The average Bonchev–Trinajstić information content (AvgIpc) is 2.45. The highest BCUT2D eigenvalue weighted by atomic mass is 79.9. The summed E-state index contributed by atoms with van der Waals surface area (Å²) in [6.07, 6.45) is 0. The largest absolute Gasteiger partial charge is 0.481 e. The molecule has 3 aromatic rings. The van der Waals surface area contributed by atoms with Crippen molar-refractivity contribution >= 4 is 26.8 Å². The van der Waals surface area contributed by atoms with E-state index in [1.165, 1.54) is 16.7 Å². The number of aromatic nitrogens is 1. The van der Waals surface area contributed by atoms with Crippen LogP contribution in [0.4, 0.5) is 0 Å². The smallest absolute Gasteiger partial charge is 0.214 e. The van der Waals surface area contributed by atoms with E-state index in [-0.39, 0.29) is 0 Å². The summed E-state index contributed by atoms with van der Waals surface area (Å²) in [7, 11) is 1.65. The molecule has 0 aliphatic heterocycles. The van der Waals surface area contributed by atoms with Gasteiger partial charge in [0.15, 0.2) is 0 Å². The third kappa shape index (κ3) is 2.79. The van der Waals surface area contributed by atoms with E-state index in [1.54, 1.807) is 7.11 Å². The van der Waals surface area contributed by atoms with Gasteiger partial charge in [0.1, 0.15) is 0 Å². The summed E-state index contributed by atoms with van der Waals surface area (Å²) in [5.41, 5.74) is 5.78. The number of hydrogen-bond donors (Lipinski definition) is 0. The summed E-state index contributed by atoms with van der Waals surface area (Å²) in [6.45, 7) is 4.24. The summed E-state index contributed by atoms with van der Waals surface area (Å²) < 4.78 is 6.40. The maximum absolute atomic E-state index is 5.35. The molecule has 21 heavy (non-hydrogen) atoms. The minimum atomic E-state index is 0.638. The number of aryl methyl sites for hydroxylation is 2. The first-order valence-electron chi connectivity index (χ1n) is 6.80. The molecule has 0 fully saturated rings. The molecule has 0 aliphatic carbocycles. The number of fused-ring (bicyclic) bond motifs is 1. The van der Waals surface area contributed by atoms with Crippen molar-refractivity contribution in [1.29, 1.82) is 0 Å². The minimum absolute atomic E-state index is 0.638. The fourth-order valence-corrected chi connectivity index (χ4v) is 3.01. The highest BCUT2D eigenvalue weighted by Crippen LogP contribution is 2.33. The van der Waals surface area contributed by atoms with Crippen LogP contribution in [0.3, 0.4) is 0 Å². The topological polar surface area (TPSA) is 22.1 Å². The third-order valence-corrected chi connectivity index (χ3v) is 3.98. The van der Waals surface area contributed by atoms with Gasteiger partial charge in [-0.05, 0) is 43.2 Å². The molecule has 0 atom stereocenters. The van der Waals surface area contributed by atoms with Crippen molar-refractivity contribution in [1.82, 2.24) is 4.98 Å². The lowest BCUT2D eigenvalue weighted by atomic mass is 9.98. The second-order valence-electron chi connectivity index (χ2n) is 5.25. The fourth-order valence-electron chi connectivity index (χ4n) is 2.65. The Morgan fingerprint density at radius 3 is 2.33 bits per heavy atom. The fraction of sp³-hybridized carbons (Fsp3) is 0.167. The van der Waals surface area contributed by atoms with Gasteiger partial charge in [0.05, 0.1) is 12.6 Å². The highest BCUT2D eigenvalue weighted by Gasteiger charge is 2.10. The van der Waals surface area contributed by atoms with E-state index >= 15 is 0 Å². The van der Waals surface area contributed by atoms with Crippen LogP contribution in [0.1, 0.15) is 11.1 Å². The molecule has 106 valence electrons.